The summed E-state index contributed by atoms with van der Waals surface area (Å²) in [5.41, 5.74) is -1.02. The first-order valence-corrected chi connectivity index (χ1v) is 20.0. The SMILES string of the molecule is CCCCCCCCCCCCCCCCCC(=O)[NH+](CC(C)(C)O)C(=O)CCCCCCCCCCCCCCCCC.[Cl-]. The second-order valence-corrected chi connectivity index (χ2v) is 14.7. The van der Waals surface area contributed by atoms with E-state index in [0.717, 1.165) is 25.7 Å². The molecule has 2 N–H and O–H groups in total. The molecule has 0 heterocycles. The number of imide groups is 1. The quantitative estimate of drug-likeness (QED) is 0.0686. The molecule has 0 spiro atoms. The number of hydrogen-bond acceptors (Lipinski definition) is 3. The van der Waals surface area contributed by atoms with Gasteiger partial charge in [-0.25, -0.2) is 14.5 Å². The number of nitrogens with one attached hydrogen (secondary N) is 1. The first kappa shape index (κ1) is 46.7. The molecule has 0 atom stereocenters. The third kappa shape index (κ3) is 34.7. The molecule has 4 nitrogen and oxygen atoms in total. The van der Waals surface area contributed by atoms with Gasteiger partial charge in [-0.2, -0.15) is 0 Å². The Morgan fingerprint density at radius 3 is 0.822 bits per heavy atom. The maximum Gasteiger partial charge on any atom is 0.319 e. The van der Waals surface area contributed by atoms with Crippen LogP contribution in [0.3, 0.4) is 0 Å². The molecule has 0 aliphatic carbocycles. The minimum Gasteiger partial charge on any atom is -1.00 e. The van der Waals surface area contributed by atoms with Crippen LogP contribution in [-0.2, 0) is 9.59 Å². The summed E-state index contributed by atoms with van der Waals surface area (Å²) in [6.45, 7) is 8.14. The average molecular weight is 659 g/mol. The molecular weight excluding hydrogens is 578 g/mol. The van der Waals surface area contributed by atoms with E-state index in [0.29, 0.717) is 17.7 Å². The van der Waals surface area contributed by atoms with Crippen LogP contribution in [0.2, 0.25) is 0 Å². The van der Waals surface area contributed by atoms with Crippen molar-refractivity contribution in [1.82, 2.24) is 0 Å². The molecular formula is C40H80ClNO3. The van der Waals surface area contributed by atoms with Gasteiger partial charge in [-0.15, -0.1) is 0 Å². The third-order valence-electron chi connectivity index (χ3n) is 9.30. The summed E-state index contributed by atoms with van der Waals surface area (Å²) in [6, 6.07) is 0. The van der Waals surface area contributed by atoms with Gasteiger partial charge in [0.25, 0.3) is 0 Å². The Bertz CT molecular complexity index is 588. The summed E-state index contributed by atoms with van der Waals surface area (Å²) in [7, 11) is 0. The Morgan fingerprint density at radius 1 is 0.422 bits per heavy atom. The van der Waals surface area contributed by atoms with Crippen LogP contribution in [0.1, 0.15) is 233 Å². The highest BCUT2D eigenvalue weighted by Crippen LogP contribution is 2.15. The standard InChI is InChI=1S/C40H79NO3.ClH/c1-5-7-9-11-13-15-17-19-21-23-25-27-29-31-33-35-38(42)41(37-40(3,4)44)39(43)36-34-32-30-28-26-24-22-20-18-16-14-12-10-8-6-2;/h44H,5-37H2,1-4H3;1H. The van der Waals surface area contributed by atoms with Crippen LogP contribution in [0.4, 0.5) is 0 Å². The normalized spacial score (nSPS) is 11.7. The number of rotatable bonds is 34. The van der Waals surface area contributed by atoms with Gasteiger partial charge in [0.15, 0.2) is 0 Å². The van der Waals surface area contributed by atoms with Gasteiger partial charge in [-0.1, -0.05) is 194 Å². The summed E-state index contributed by atoms with van der Waals surface area (Å²) in [6.07, 6.45) is 40.0. The van der Waals surface area contributed by atoms with Crippen molar-refractivity contribution >= 4 is 11.8 Å². The molecule has 0 aromatic carbocycles. The van der Waals surface area contributed by atoms with Crippen molar-refractivity contribution < 1.29 is 32.0 Å². The lowest BCUT2D eigenvalue weighted by Crippen LogP contribution is -3.18. The second kappa shape index (κ2) is 34.9. The van der Waals surface area contributed by atoms with Gasteiger partial charge in [0.1, 0.15) is 12.1 Å². The molecule has 0 aliphatic rings. The molecule has 0 radical (unpaired) electrons. The number of carbonyl (C=O) groups excluding carboxylic acids is 2. The number of aliphatic hydroxyl groups is 1. The minimum atomic E-state index is -1.02. The lowest BCUT2D eigenvalue weighted by molar-refractivity contribution is -0.748. The molecule has 5 heteroatoms. The fourth-order valence-corrected chi connectivity index (χ4v) is 6.40. The topological polar surface area (TPSA) is 58.8 Å². The molecule has 0 saturated carbocycles. The van der Waals surface area contributed by atoms with Crippen LogP contribution in [-0.4, -0.2) is 29.1 Å². The van der Waals surface area contributed by atoms with Crippen molar-refractivity contribution in [3.63, 3.8) is 0 Å². The number of quaternary nitrogens is 1. The van der Waals surface area contributed by atoms with Crippen molar-refractivity contribution in [2.24, 2.45) is 0 Å². The Morgan fingerprint density at radius 2 is 0.622 bits per heavy atom. The molecule has 0 rings (SSSR count). The largest absolute Gasteiger partial charge is 1.00 e. The fraction of sp³-hybridized carbons (Fsp3) is 0.950. The maximum absolute atomic E-state index is 13.0. The zero-order valence-electron chi connectivity index (χ0n) is 31.0. The van der Waals surface area contributed by atoms with Crippen LogP contribution < -0.4 is 17.3 Å². The number of unbranched alkanes of at least 4 members (excludes halogenated alkanes) is 28. The summed E-state index contributed by atoms with van der Waals surface area (Å²) in [5.74, 6) is -0.0412. The predicted molar refractivity (Wildman–Crippen MR) is 191 cm³/mol. The Hall–Kier alpha value is -0.450. The van der Waals surface area contributed by atoms with Crippen LogP contribution >= 0.6 is 0 Å². The van der Waals surface area contributed by atoms with Gasteiger partial charge >= 0.3 is 11.8 Å². The van der Waals surface area contributed by atoms with E-state index < -0.39 is 5.60 Å². The Balaban J connectivity index is 0. The van der Waals surface area contributed by atoms with Crippen molar-refractivity contribution in [1.29, 1.82) is 0 Å². The molecule has 0 aromatic rings. The van der Waals surface area contributed by atoms with Gasteiger partial charge in [-0.3, -0.25) is 0 Å². The smallest absolute Gasteiger partial charge is 0.319 e. The first-order chi connectivity index (χ1) is 21.3. The molecule has 2 amide bonds. The maximum atomic E-state index is 13.0. The zero-order chi connectivity index (χ0) is 32.6. The third-order valence-corrected chi connectivity index (χ3v) is 9.30. The summed E-state index contributed by atoms with van der Waals surface area (Å²) in [4.78, 5) is 26.3. The summed E-state index contributed by atoms with van der Waals surface area (Å²) in [5, 5.41) is 10.4. The first-order valence-electron chi connectivity index (χ1n) is 20.0. The molecule has 0 bridgehead atoms. The number of carbonyl (C=O) groups is 2. The molecule has 0 unspecified atom stereocenters. The highest BCUT2D eigenvalue weighted by Gasteiger charge is 2.32. The second-order valence-electron chi connectivity index (χ2n) is 14.7. The molecule has 0 aromatic heterocycles. The lowest BCUT2D eigenvalue weighted by atomic mass is 10.0. The lowest BCUT2D eigenvalue weighted by Gasteiger charge is -2.22. The van der Waals surface area contributed by atoms with E-state index in [4.69, 9.17) is 0 Å². The molecule has 0 saturated heterocycles. The van der Waals surface area contributed by atoms with E-state index in [-0.39, 0.29) is 30.8 Å². The fourth-order valence-electron chi connectivity index (χ4n) is 6.40. The number of halogens is 1. The van der Waals surface area contributed by atoms with Gasteiger partial charge in [-0.05, 0) is 26.7 Å². The number of hydrogen-bond donors (Lipinski definition) is 2. The van der Waals surface area contributed by atoms with Crippen LogP contribution in [0, 0.1) is 0 Å². The van der Waals surface area contributed by atoms with E-state index in [2.05, 4.69) is 13.8 Å². The van der Waals surface area contributed by atoms with Crippen molar-refractivity contribution in [2.75, 3.05) is 6.54 Å². The average Bonchev–Trinajstić information content (AvgIpc) is 2.99. The Labute approximate surface area is 288 Å². The van der Waals surface area contributed by atoms with Crippen LogP contribution in [0.5, 0.6) is 0 Å². The molecule has 0 aliphatic heterocycles. The minimum absolute atomic E-state index is 0. The van der Waals surface area contributed by atoms with E-state index in [1.807, 2.05) is 0 Å². The van der Waals surface area contributed by atoms with E-state index in [9.17, 15) is 14.7 Å². The molecule has 0 fully saturated rings. The van der Waals surface area contributed by atoms with Crippen LogP contribution in [0.15, 0.2) is 0 Å². The highest BCUT2D eigenvalue weighted by molar-refractivity contribution is 5.80. The Kier molecular flexibility index (Phi) is 36.2. The van der Waals surface area contributed by atoms with Crippen molar-refractivity contribution in [3.8, 4) is 0 Å². The van der Waals surface area contributed by atoms with Gasteiger partial charge in [0, 0.05) is 0 Å². The highest BCUT2D eigenvalue weighted by atomic mass is 35.5. The van der Waals surface area contributed by atoms with Crippen LogP contribution in [0.25, 0.3) is 0 Å². The molecule has 270 valence electrons. The van der Waals surface area contributed by atoms with Crippen molar-refractivity contribution in [3.05, 3.63) is 0 Å². The monoisotopic (exact) mass is 658 g/mol. The molecule has 45 heavy (non-hydrogen) atoms. The van der Waals surface area contributed by atoms with Gasteiger partial charge < -0.3 is 17.5 Å². The zero-order valence-corrected chi connectivity index (χ0v) is 31.7. The van der Waals surface area contributed by atoms with Gasteiger partial charge in [0.05, 0.1) is 12.8 Å². The van der Waals surface area contributed by atoms with E-state index >= 15 is 0 Å². The van der Waals surface area contributed by atoms with E-state index in [1.54, 1.807) is 13.8 Å². The summed E-state index contributed by atoms with van der Waals surface area (Å²) < 4.78 is 0. The van der Waals surface area contributed by atoms with Gasteiger partial charge in [0.2, 0.25) is 0 Å². The predicted octanol–water partition coefficient (Wildman–Crippen LogP) is 8.22. The summed E-state index contributed by atoms with van der Waals surface area (Å²) >= 11 is 0. The van der Waals surface area contributed by atoms with Crippen molar-refractivity contribution in [2.45, 2.75) is 239 Å². The number of amides is 2. The van der Waals surface area contributed by atoms with E-state index in [1.165, 1.54) is 167 Å².